The number of aromatic nitrogens is 2. The summed E-state index contributed by atoms with van der Waals surface area (Å²) in [6, 6.07) is 12.3. The molecule has 26 heavy (non-hydrogen) atoms. The van der Waals surface area contributed by atoms with E-state index in [1.165, 1.54) is 5.56 Å². The highest BCUT2D eigenvalue weighted by atomic mass is 32.2. The summed E-state index contributed by atoms with van der Waals surface area (Å²) in [5.74, 6) is 1.29. The lowest BCUT2D eigenvalue weighted by molar-refractivity contribution is 0.212. The average Bonchev–Trinajstić information content (AvgIpc) is 3.06. The van der Waals surface area contributed by atoms with Gasteiger partial charge in [0.2, 0.25) is 10.0 Å². The van der Waals surface area contributed by atoms with Gasteiger partial charge in [-0.1, -0.05) is 30.3 Å². The largest absolute Gasteiger partial charge is 0.369 e. The van der Waals surface area contributed by atoms with E-state index in [9.17, 15) is 8.42 Å². The van der Waals surface area contributed by atoms with Crippen molar-refractivity contribution in [3.63, 3.8) is 0 Å². The second-order valence-electron chi connectivity index (χ2n) is 6.38. The van der Waals surface area contributed by atoms with Crippen LogP contribution in [0.15, 0.2) is 42.7 Å². The first-order chi connectivity index (χ1) is 12.6. The smallest absolute Gasteiger partial charge is 0.213 e. The van der Waals surface area contributed by atoms with E-state index in [1.54, 1.807) is 28.9 Å². The third-order valence-electron chi connectivity index (χ3n) is 4.63. The van der Waals surface area contributed by atoms with E-state index in [0.29, 0.717) is 25.6 Å². The molecule has 0 atom stereocenters. The molecule has 6 nitrogen and oxygen atoms in total. The van der Waals surface area contributed by atoms with E-state index < -0.39 is 10.0 Å². The predicted octanol–water partition coefficient (Wildman–Crippen LogP) is 3.05. The molecule has 0 saturated carbocycles. The van der Waals surface area contributed by atoms with Crippen LogP contribution in [-0.4, -0.2) is 48.1 Å². The molecule has 8 heteroatoms. The fraction of sp³-hybridized carbons (Fsp3) is 0.333. The van der Waals surface area contributed by atoms with Gasteiger partial charge in [0.1, 0.15) is 17.0 Å². The number of benzene rings is 1. The van der Waals surface area contributed by atoms with Gasteiger partial charge in [-0.2, -0.15) is 0 Å². The summed E-state index contributed by atoms with van der Waals surface area (Å²) in [6.45, 7) is 3.55. The zero-order valence-electron chi connectivity index (χ0n) is 14.4. The summed E-state index contributed by atoms with van der Waals surface area (Å²) < 4.78 is 25.1. The van der Waals surface area contributed by atoms with Crippen LogP contribution in [0.3, 0.4) is 0 Å². The van der Waals surface area contributed by atoms with Crippen molar-refractivity contribution in [3.8, 4) is 10.4 Å². The lowest BCUT2D eigenvalue weighted by Crippen LogP contribution is -2.52. The van der Waals surface area contributed by atoms with Gasteiger partial charge in [0.05, 0.1) is 11.1 Å². The second-order valence-corrected chi connectivity index (χ2v) is 9.67. The average molecular weight is 389 g/mol. The molecule has 1 aliphatic heterocycles. The number of nitrogens with zero attached hydrogens (tertiary/aromatic N) is 3. The van der Waals surface area contributed by atoms with Crippen LogP contribution in [0, 0.1) is 5.92 Å². The Morgan fingerprint density at radius 2 is 2.00 bits per heavy atom. The molecule has 3 aromatic rings. The van der Waals surface area contributed by atoms with Crippen LogP contribution in [0.1, 0.15) is 6.92 Å². The zero-order chi connectivity index (χ0) is 18.1. The Morgan fingerprint density at radius 1 is 1.23 bits per heavy atom. The summed E-state index contributed by atoms with van der Waals surface area (Å²) in [4.78, 5) is 10.9. The molecule has 1 fully saturated rings. The van der Waals surface area contributed by atoms with E-state index in [1.807, 2.05) is 18.2 Å². The maximum absolute atomic E-state index is 11.8. The Bertz CT molecular complexity index is 1010. The van der Waals surface area contributed by atoms with Crippen molar-refractivity contribution >= 4 is 37.4 Å². The first kappa shape index (κ1) is 17.4. The Labute approximate surface area is 157 Å². The summed E-state index contributed by atoms with van der Waals surface area (Å²) in [6.07, 6.45) is 1.57. The monoisotopic (exact) mass is 388 g/mol. The third-order valence-corrected chi connectivity index (χ3v) is 7.53. The summed E-state index contributed by atoms with van der Waals surface area (Å²) >= 11 is 1.65. The summed E-state index contributed by atoms with van der Waals surface area (Å²) in [7, 11) is -3.06. The minimum atomic E-state index is -3.06. The summed E-state index contributed by atoms with van der Waals surface area (Å²) in [5.41, 5.74) is 1.17. The Balaban J connectivity index is 1.47. The van der Waals surface area contributed by atoms with Gasteiger partial charge in [0.25, 0.3) is 0 Å². The molecule has 1 saturated heterocycles. The van der Waals surface area contributed by atoms with E-state index in [-0.39, 0.29) is 5.75 Å². The number of rotatable bonds is 6. The number of hydrogen-bond donors (Lipinski definition) is 1. The molecule has 0 bridgehead atoms. The second kappa shape index (κ2) is 6.94. The number of anilines is 1. The molecular formula is C18H20N4O2S2. The van der Waals surface area contributed by atoms with Gasteiger partial charge in [-0.3, -0.25) is 0 Å². The van der Waals surface area contributed by atoms with E-state index in [0.717, 1.165) is 20.9 Å². The van der Waals surface area contributed by atoms with Crippen LogP contribution >= 0.6 is 11.3 Å². The van der Waals surface area contributed by atoms with Gasteiger partial charge in [0, 0.05) is 30.4 Å². The molecule has 4 rings (SSSR count). The van der Waals surface area contributed by atoms with Crippen molar-refractivity contribution in [2.45, 2.75) is 6.92 Å². The zero-order valence-corrected chi connectivity index (χ0v) is 16.1. The van der Waals surface area contributed by atoms with Crippen molar-refractivity contribution in [2.24, 2.45) is 5.92 Å². The van der Waals surface area contributed by atoms with Crippen molar-refractivity contribution in [2.75, 3.05) is 30.7 Å². The minimum Gasteiger partial charge on any atom is -0.369 e. The van der Waals surface area contributed by atoms with Crippen molar-refractivity contribution in [1.29, 1.82) is 0 Å². The van der Waals surface area contributed by atoms with Gasteiger partial charge >= 0.3 is 0 Å². The molecule has 0 spiro atoms. The summed E-state index contributed by atoms with van der Waals surface area (Å²) in [5, 5.41) is 4.39. The van der Waals surface area contributed by atoms with Gasteiger partial charge < -0.3 is 5.32 Å². The van der Waals surface area contributed by atoms with Gasteiger partial charge in [-0.05, 0) is 18.6 Å². The number of fused-ring (bicyclic) bond motifs is 1. The van der Waals surface area contributed by atoms with Gasteiger partial charge in [-0.25, -0.2) is 22.7 Å². The van der Waals surface area contributed by atoms with Crippen molar-refractivity contribution in [3.05, 3.63) is 42.7 Å². The van der Waals surface area contributed by atoms with Crippen LogP contribution in [0.4, 0.5) is 5.82 Å². The van der Waals surface area contributed by atoms with Crippen LogP contribution in [-0.2, 0) is 10.0 Å². The quantitative estimate of drug-likeness (QED) is 0.702. The maximum atomic E-state index is 11.8. The van der Waals surface area contributed by atoms with Crippen LogP contribution < -0.4 is 5.32 Å². The molecule has 0 aliphatic carbocycles. The Morgan fingerprint density at radius 3 is 2.73 bits per heavy atom. The highest BCUT2D eigenvalue weighted by Gasteiger charge is 2.34. The topological polar surface area (TPSA) is 75.2 Å². The first-order valence-corrected chi connectivity index (χ1v) is 11.0. The Hall–Kier alpha value is -2.03. The van der Waals surface area contributed by atoms with E-state index in [2.05, 4.69) is 33.5 Å². The number of nitrogens with one attached hydrogen (secondary N) is 1. The third kappa shape index (κ3) is 3.32. The fourth-order valence-electron chi connectivity index (χ4n) is 3.04. The lowest BCUT2D eigenvalue weighted by atomic mass is 10.0. The predicted molar refractivity (Wildman–Crippen MR) is 106 cm³/mol. The van der Waals surface area contributed by atoms with Crippen molar-refractivity contribution < 1.29 is 8.42 Å². The highest BCUT2D eigenvalue weighted by molar-refractivity contribution is 7.89. The normalized spacial score (nSPS) is 15.9. The molecule has 0 radical (unpaired) electrons. The minimum absolute atomic E-state index is 0.164. The van der Waals surface area contributed by atoms with Crippen LogP contribution in [0.2, 0.25) is 0 Å². The standard InChI is InChI=1S/C18H20N4O2S2/c1-2-26(23,24)22-10-13(11-22)9-19-17-15-8-16(14-6-4-3-5-7-14)25-18(15)21-12-20-17/h3-8,12-13H,2,9-11H2,1H3,(H,19,20,21). The molecule has 3 heterocycles. The van der Waals surface area contributed by atoms with Crippen LogP contribution in [0.5, 0.6) is 0 Å². The highest BCUT2D eigenvalue weighted by Crippen LogP contribution is 2.35. The fourth-order valence-corrected chi connectivity index (χ4v) is 5.29. The lowest BCUT2D eigenvalue weighted by Gasteiger charge is -2.38. The molecule has 1 N–H and O–H groups in total. The van der Waals surface area contributed by atoms with E-state index in [4.69, 9.17) is 0 Å². The van der Waals surface area contributed by atoms with Gasteiger partial charge in [0.15, 0.2) is 0 Å². The number of hydrogen-bond acceptors (Lipinski definition) is 6. The molecule has 0 amide bonds. The molecule has 136 valence electrons. The Kier molecular flexibility index (Phi) is 4.64. The van der Waals surface area contributed by atoms with Crippen molar-refractivity contribution in [1.82, 2.24) is 14.3 Å². The molecular weight excluding hydrogens is 368 g/mol. The SMILES string of the molecule is CCS(=O)(=O)N1CC(CNc2ncnc3sc(-c4ccccc4)cc23)C1. The maximum Gasteiger partial charge on any atom is 0.213 e. The first-order valence-electron chi connectivity index (χ1n) is 8.58. The molecule has 2 aromatic heterocycles. The molecule has 1 aliphatic rings. The molecule has 1 aromatic carbocycles. The number of thiophene rings is 1. The van der Waals surface area contributed by atoms with Gasteiger partial charge in [-0.15, -0.1) is 11.3 Å². The van der Waals surface area contributed by atoms with Crippen LogP contribution in [0.25, 0.3) is 20.7 Å². The molecule has 0 unspecified atom stereocenters. The van der Waals surface area contributed by atoms with E-state index >= 15 is 0 Å². The number of sulfonamides is 1.